The molecular formula is C16H24N2O3. The van der Waals surface area contributed by atoms with E-state index >= 15 is 0 Å². The van der Waals surface area contributed by atoms with Crippen LogP contribution in [0.2, 0.25) is 0 Å². The molecular weight excluding hydrogens is 268 g/mol. The SMILES string of the molecule is CCC(CC)NC(=O)N(CC)Cc1ccc2c(c1)OCO2. The van der Waals surface area contributed by atoms with Crippen LogP contribution < -0.4 is 14.8 Å². The van der Waals surface area contributed by atoms with E-state index in [0.717, 1.165) is 29.9 Å². The fraction of sp³-hybridized carbons (Fsp3) is 0.562. The minimum atomic E-state index is -0.0103. The van der Waals surface area contributed by atoms with Crippen molar-refractivity contribution in [3.8, 4) is 11.5 Å². The quantitative estimate of drug-likeness (QED) is 0.876. The van der Waals surface area contributed by atoms with Crippen LogP contribution in [-0.4, -0.2) is 30.3 Å². The second-order valence-electron chi connectivity index (χ2n) is 5.16. The summed E-state index contributed by atoms with van der Waals surface area (Å²) in [4.78, 5) is 14.1. The first-order valence-corrected chi connectivity index (χ1v) is 7.61. The number of fused-ring (bicyclic) bond motifs is 1. The van der Waals surface area contributed by atoms with Crippen molar-refractivity contribution in [2.75, 3.05) is 13.3 Å². The molecule has 1 aliphatic heterocycles. The predicted octanol–water partition coefficient (Wildman–Crippen LogP) is 3.14. The number of hydrogen-bond acceptors (Lipinski definition) is 3. The molecule has 5 nitrogen and oxygen atoms in total. The predicted molar refractivity (Wildman–Crippen MR) is 81.6 cm³/mol. The third-order valence-corrected chi connectivity index (χ3v) is 3.79. The van der Waals surface area contributed by atoms with Crippen LogP contribution in [0.5, 0.6) is 11.5 Å². The lowest BCUT2D eigenvalue weighted by Crippen LogP contribution is -2.44. The van der Waals surface area contributed by atoms with Crippen LogP contribution in [0, 0.1) is 0 Å². The molecule has 0 aliphatic carbocycles. The topological polar surface area (TPSA) is 50.8 Å². The number of amides is 2. The Hall–Kier alpha value is -1.91. The lowest BCUT2D eigenvalue weighted by atomic mass is 10.1. The first-order valence-electron chi connectivity index (χ1n) is 7.61. The van der Waals surface area contributed by atoms with E-state index in [0.29, 0.717) is 13.1 Å². The largest absolute Gasteiger partial charge is 0.454 e. The van der Waals surface area contributed by atoms with Crippen LogP contribution in [0.1, 0.15) is 39.2 Å². The highest BCUT2D eigenvalue weighted by Crippen LogP contribution is 2.32. The lowest BCUT2D eigenvalue weighted by molar-refractivity contribution is 0.173. The van der Waals surface area contributed by atoms with Crippen LogP contribution in [0.3, 0.4) is 0 Å². The monoisotopic (exact) mass is 292 g/mol. The van der Waals surface area contributed by atoms with Gasteiger partial charge in [0, 0.05) is 19.1 Å². The summed E-state index contributed by atoms with van der Waals surface area (Å²) in [5.41, 5.74) is 1.04. The number of hydrogen-bond donors (Lipinski definition) is 1. The molecule has 2 rings (SSSR count). The third-order valence-electron chi connectivity index (χ3n) is 3.79. The number of nitrogens with one attached hydrogen (secondary N) is 1. The zero-order valence-corrected chi connectivity index (χ0v) is 13.0. The molecule has 0 spiro atoms. The summed E-state index contributed by atoms with van der Waals surface area (Å²) in [6, 6.07) is 6.03. The van der Waals surface area contributed by atoms with Gasteiger partial charge in [-0.05, 0) is 37.5 Å². The summed E-state index contributed by atoms with van der Waals surface area (Å²) < 4.78 is 10.7. The second kappa shape index (κ2) is 7.20. The van der Waals surface area contributed by atoms with Crippen LogP contribution in [-0.2, 0) is 6.54 Å². The summed E-state index contributed by atoms with van der Waals surface area (Å²) >= 11 is 0. The highest BCUT2D eigenvalue weighted by atomic mass is 16.7. The molecule has 1 N–H and O–H groups in total. The number of carbonyl (C=O) groups excluding carboxylic acids is 1. The van der Waals surface area contributed by atoms with Crippen LogP contribution in [0.25, 0.3) is 0 Å². The Morgan fingerprint density at radius 1 is 1.24 bits per heavy atom. The first kappa shape index (κ1) is 15.5. The minimum absolute atomic E-state index is 0.0103. The number of nitrogens with zero attached hydrogens (tertiary/aromatic N) is 1. The fourth-order valence-electron chi connectivity index (χ4n) is 2.35. The zero-order chi connectivity index (χ0) is 15.2. The highest BCUT2D eigenvalue weighted by molar-refractivity contribution is 5.74. The van der Waals surface area contributed by atoms with Gasteiger partial charge in [-0.2, -0.15) is 0 Å². The van der Waals surface area contributed by atoms with Crippen molar-refractivity contribution >= 4 is 6.03 Å². The lowest BCUT2D eigenvalue weighted by Gasteiger charge is -2.24. The van der Waals surface area contributed by atoms with Gasteiger partial charge in [-0.1, -0.05) is 19.9 Å². The van der Waals surface area contributed by atoms with Gasteiger partial charge in [0.05, 0.1) is 0 Å². The van der Waals surface area contributed by atoms with Gasteiger partial charge in [-0.25, -0.2) is 4.79 Å². The molecule has 2 amide bonds. The number of rotatable bonds is 6. The maximum Gasteiger partial charge on any atom is 0.317 e. The summed E-state index contributed by atoms with van der Waals surface area (Å²) in [5, 5.41) is 3.07. The van der Waals surface area contributed by atoms with Gasteiger partial charge >= 0.3 is 6.03 Å². The molecule has 0 aromatic heterocycles. The Labute approximate surface area is 126 Å². The Balaban J connectivity index is 2.00. The van der Waals surface area contributed by atoms with E-state index in [1.807, 2.05) is 25.1 Å². The molecule has 0 radical (unpaired) electrons. The van der Waals surface area contributed by atoms with Crippen LogP contribution in [0.15, 0.2) is 18.2 Å². The van der Waals surface area contributed by atoms with E-state index in [9.17, 15) is 4.79 Å². The van der Waals surface area contributed by atoms with E-state index in [4.69, 9.17) is 9.47 Å². The van der Waals surface area contributed by atoms with Gasteiger partial charge in [0.25, 0.3) is 0 Å². The third kappa shape index (κ3) is 3.80. The molecule has 0 saturated heterocycles. The van der Waals surface area contributed by atoms with Gasteiger partial charge in [0.15, 0.2) is 11.5 Å². The zero-order valence-electron chi connectivity index (χ0n) is 13.0. The van der Waals surface area contributed by atoms with Crippen molar-refractivity contribution in [3.63, 3.8) is 0 Å². The molecule has 0 bridgehead atoms. The van der Waals surface area contributed by atoms with Gasteiger partial charge in [-0.15, -0.1) is 0 Å². The molecule has 1 aromatic carbocycles. The standard InChI is InChI=1S/C16H24N2O3/c1-4-13(5-2)17-16(19)18(6-3)10-12-7-8-14-15(9-12)21-11-20-14/h7-9,13H,4-6,10-11H2,1-3H3,(H,17,19). The number of carbonyl (C=O) groups is 1. The maximum absolute atomic E-state index is 12.3. The van der Waals surface area contributed by atoms with E-state index < -0.39 is 0 Å². The molecule has 116 valence electrons. The van der Waals surface area contributed by atoms with Gasteiger partial charge in [0.1, 0.15) is 0 Å². The van der Waals surface area contributed by atoms with Crippen molar-refractivity contribution in [1.82, 2.24) is 10.2 Å². The van der Waals surface area contributed by atoms with Crippen molar-refractivity contribution in [2.24, 2.45) is 0 Å². The maximum atomic E-state index is 12.3. The Morgan fingerprint density at radius 3 is 2.62 bits per heavy atom. The second-order valence-corrected chi connectivity index (χ2v) is 5.16. The summed E-state index contributed by atoms with van der Waals surface area (Å²) in [7, 11) is 0. The smallest absolute Gasteiger partial charge is 0.317 e. The molecule has 1 heterocycles. The van der Waals surface area contributed by atoms with Crippen molar-refractivity contribution in [1.29, 1.82) is 0 Å². The summed E-state index contributed by atoms with van der Waals surface area (Å²) in [5.74, 6) is 1.52. The number of benzene rings is 1. The molecule has 0 atom stereocenters. The summed E-state index contributed by atoms with van der Waals surface area (Å²) in [6.07, 6.45) is 1.90. The van der Waals surface area contributed by atoms with E-state index in [-0.39, 0.29) is 18.9 Å². The average Bonchev–Trinajstić information content (AvgIpc) is 2.97. The Morgan fingerprint density at radius 2 is 1.95 bits per heavy atom. The van der Waals surface area contributed by atoms with Gasteiger partial charge in [-0.3, -0.25) is 0 Å². The number of urea groups is 1. The van der Waals surface area contributed by atoms with Crippen molar-refractivity contribution in [2.45, 2.75) is 46.2 Å². The fourth-order valence-corrected chi connectivity index (χ4v) is 2.35. The Bertz CT molecular complexity index is 486. The number of ether oxygens (including phenoxy) is 2. The van der Waals surface area contributed by atoms with E-state index in [2.05, 4.69) is 19.2 Å². The van der Waals surface area contributed by atoms with Gasteiger partial charge in [0.2, 0.25) is 6.79 Å². The summed E-state index contributed by atoms with van der Waals surface area (Å²) in [6.45, 7) is 7.66. The van der Waals surface area contributed by atoms with Crippen LogP contribution in [0.4, 0.5) is 4.79 Å². The average molecular weight is 292 g/mol. The molecule has 5 heteroatoms. The molecule has 1 aliphatic rings. The van der Waals surface area contributed by atoms with Crippen LogP contribution >= 0.6 is 0 Å². The molecule has 0 unspecified atom stereocenters. The highest BCUT2D eigenvalue weighted by Gasteiger charge is 2.17. The van der Waals surface area contributed by atoms with E-state index in [1.54, 1.807) is 4.90 Å². The normalized spacial score (nSPS) is 12.6. The molecule has 0 saturated carbocycles. The minimum Gasteiger partial charge on any atom is -0.454 e. The molecule has 1 aromatic rings. The molecule has 21 heavy (non-hydrogen) atoms. The van der Waals surface area contributed by atoms with Gasteiger partial charge < -0.3 is 19.7 Å². The molecule has 0 fully saturated rings. The van der Waals surface area contributed by atoms with Crippen molar-refractivity contribution in [3.05, 3.63) is 23.8 Å². The van der Waals surface area contributed by atoms with Crippen molar-refractivity contribution < 1.29 is 14.3 Å². The Kier molecular flexibility index (Phi) is 5.31. The van der Waals surface area contributed by atoms with E-state index in [1.165, 1.54) is 0 Å². The first-order chi connectivity index (χ1) is 10.2.